The first-order valence-corrected chi connectivity index (χ1v) is 12.5. The standard InChI is InChI=1S/C24H28N2O6S/c1-31-19-12-11-16(13-20(19)32-2)22-14-24(28)26(15-23(27)25-17-7-3-4-8-17)18-9-5-6-10-21(18)33(22,29)30/h5-6,9-13,17,22H,3-4,7-8,14-15H2,1-2H3,(H,25,27)/t22-/m1/s1. The van der Waals surface area contributed by atoms with Crippen molar-refractivity contribution in [1.29, 1.82) is 0 Å². The normalized spacial score (nSPS) is 20.1. The molecule has 1 N–H and O–H groups in total. The van der Waals surface area contributed by atoms with Crippen LogP contribution in [0.3, 0.4) is 0 Å². The van der Waals surface area contributed by atoms with Crippen LogP contribution < -0.4 is 19.7 Å². The van der Waals surface area contributed by atoms with E-state index < -0.39 is 21.0 Å². The van der Waals surface area contributed by atoms with Gasteiger partial charge in [-0.05, 0) is 42.7 Å². The monoisotopic (exact) mass is 472 g/mol. The van der Waals surface area contributed by atoms with Crippen LogP contribution in [0.2, 0.25) is 0 Å². The molecule has 176 valence electrons. The molecule has 2 aromatic carbocycles. The van der Waals surface area contributed by atoms with Crippen molar-refractivity contribution in [2.45, 2.75) is 48.3 Å². The Morgan fingerprint density at radius 1 is 1.06 bits per heavy atom. The number of amides is 2. The molecule has 2 amide bonds. The van der Waals surface area contributed by atoms with E-state index in [4.69, 9.17) is 9.47 Å². The number of sulfone groups is 1. The minimum absolute atomic E-state index is 0.0318. The number of carbonyl (C=O) groups is 2. The van der Waals surface area contributed by atoms with Crippen LogP contribution >= 0.6 is 0 Å². The van der Waals surface area contributed by atoms with E-state index in [2.05, 4.69) is 5.32 Å². The van der Waals surface area contributed by atoms with Gasteiger partial charge in [0, 0.05) is 12.5 Å². The average Bonchev–Trinajstić information content (AvgIpc) is 3.30. The molecule has 0 bridgehead atoms. The molecule has 1 saturated carbocycles. The second-order valence-corrected chi connectivity index (χ2v) is 10.4. The highest BCUT2D eigenvalue weighted by molar-refractivity contribution is 7.92. The van der Waals surface area contributed by atoms with Gasteiger partial charge >= 0.3 is 0 Å². The zero-order valence-electron chi connectivity index (χ0n) is 18.7. The van der Waals surface area contributed by atoms with Gasteiger partial charge in [-0.25, -0.2) is 8.42 Å². The molecule has 1 aliphatic heterocycles. The van der Waals surface area contributed by atoms with E-state index in [0.717, 1.165) is 25.7 Å². The number of methoxy groups -OCH3 is 2. The van der Waals surface area contributed by atoms with Gasteiger partial charge in [0.1, 0.15) is 6.54 Å². The Morgan fingerprint density at radius 3 is 2.45 bits per heavy atom. The van der Waals surface area contributed by atoms with Crippen molar-refractivity contribution in [3.8, 4) is 11.5 Å². The van der Waals surface area contributed by atoms with E-state index in [9.17, 15) is 18.0 Å². The molecule has 1 aliphatic carbocycles. The molecule has 33 heavy (non-hydrogen) atoms. The van der Waals surface area contributed by atoms with Crippen molar-refractivity contribution in [2.24, 2.45) is 0 Å². The highest BCUT2D eigenvalue weighted by Gasteiger charge is 2.40. The van der Waals surface area contributed by atoms with Crippen LogP contribution in [0.5, 0.6) is 11.5 Å². The van der Waals surface area contributed by atoms with Crippen LogP contribution in [0.1, 0.15) is 42.9 Å². The zero-order valence-corrected chi connectivity index (χ0v) is 19.6. The number of hydrogen-bond donors (Lipinski definition) is 1. The SMILES string of the molecule is COc1ccc([C@H]2CC(=O)N(CC(=O)NC3CCCC3)c3ccccc3S2(=O)=O)cc1OC. The molecule has 1 heterocycles. The number of para-hydroxylation sites is 1. The van der Waals surface area contributed by atoms with Crippen LogP contribution in [0, 0.1) is 0 Å². The minimum Gasteiger partial charge on any atom is -0.493 e. The molecule has 4 rings (SSSR count). The van der Waals surface area contributed by atoms with Gasteiger partial charge in [0.25, 0.3) is 0 Å². The topological polar surface area (TPSA) is 102 Å². The third-order valence-electron chi connectivity index (χ3n) is 6.30. The Kier molecular flexibility index (Phi) is 6.60. The van der Waals surface area contributed by atoms with E-state index >= 15 is 0 Å². The fourth-order valence-electron chi connectivity index (χ4n) is 4.60. The minimum atomic E-state index is -3.93. The third-order valence-corrected chi connectivity index (χ3v) is 8.45. The molecule has 0 unspecified atom stereocenters. The summed E-state index contributed by atoms with van der Waals surface area (Å²) in [5, 5.41) is 1.86. The summed E-state index contributed by atoms with van der Waals surface area (Å²) in [7, 11) is -0.971. The number of rotatable bonds is 6. The Bertz CT molecular complexity index is 1160. The zero-order chi connectivity index (χ0) is 23.6. The first kappa shape index (κ1) is 23.1. The number of fused-ring (bicyclic) bond motifs is 1. The van der Waals surface area contributed by atoms with Gasteiger partial charge in [0.15, 0.2) is 21.3 Å². The maximum absolute atomic E-state index is 13.7. The van der Waals surface area contributed by atoms with E-state index in [1.165, 1.54) is 25.2 Å². The van der Waals surface area contributed by atoms with Crippen LogP contribution in [0.4, 0.5) is 5.69 Å². The lowest BCUT2D eigenvalue weighted by atomic mass is 10.1. The smallest absolute Gasteiger partial charge is 0.240 e. The summed E-state index contributed by atoms with van der Waals surface area (Å²) in [5.41, 5.74) is 0.653. The largest absolute Gasteiger partial charge is 0.493 e. The molecule has 0 spiro atoms. The molecule has 0 radical (unpaired) electrons. The predicted molar refractivity (Wildman–Crippen MR) is 123 cm³/mol. The van der Waals surface area contributed by atoms with E-state index in [-0.39, 0.29) is 35.5 Å². The fraction of sp³-hybridized carbons (Fsp3) is 0.417. The van der Waals surface area contributed by atoms with Gasteiger partial charge in [0.2, 0.25) is 11.8 Å². The van der Waals surface area contributed by atoms with Crippen molar-refractivity contribution in [1.82, 2.24) is 5.32 Å². The number of ether oxygens (including phenoxy) is 2. The first-order valence-electron chi connectivity index (χ1n) is 11.0. The van der Waals surface area contributed by atoms with Crippen molar-refractivity contribution in [3.63, 3.8) is 0 Å². The molecule has 1 fully saturated rings. The van der Waals surface area contributed by atoms with Gasteiger partial charge in [-0.3, -0.25) is 9.59 Å². The first-order chi connectivity index (χ1) is 15.8. The van der Waals surface area contributed by atoms with Gasteiger partial charge in [-0.2, -0.15) is 0 Å². The lowest BCUT2D eigenvalue weighted by Gasteiger charge is -2.23. The molecule has 8 nitrogen and oxygen atoms in total. The number of benzene rings is 2. The number of hydrogen-bond acceptors (Lipinski definition) is 6. The second kappa shape index (κ2) is 9.43. The van der Waals surface area contributed by atoms with E-state index in [0.29, 0.717) is 17.1 Å². The number of nitrogens with one attached hydrogen (secondary N) is 1. The van der Waals surface area contributed by atoms with E-state index in [1.54, 1.807) is 36.4 Å². The molecule has 9 heteroatoms. The third kappa shape index (κ3) is 4.55. The summed E-state index contributed by atoms with van der Waals surface area (Å²) in [4.78, 5) is 27.4. The molecule has 1 atom stereocenters. The van der Waals surface area contributed by atoms with Crippen molar-refractivity contribution < 1.29 is 27.5 Å². The fourth-order valence-corrected chi connectivity index (χ4v) is 6.51. The molecule has 0 aromatic heterocycles. The maximum atomic E-state index is 13.7. The Balaban J connectivity index is 1.71. The lowest BCUT2D eigenvalue weighted by molar-refractivity contribution is -0.124. The molecule has 0 saturated heterocycles. The van der Waals surface area contributed by atoms with Crippen LogP contribution in [-0.4, -0.2) is 47.0 Å². The average molecular weight is 473 g/mol. The summed E-state index contributed by atoms with van der Waals surface area (Å²) in [5.74, 6) is 0.129. The number of carbonyl (C=O) groups excluding carboxylic acids is 2. The highest BCUT2D eigenvalue weighted by Crippen LogP contribution is 2.42. The summed E-state index contributed by atoms with van der Waals surface area (Å²) in [6.45, 7) is -0.222. The molecular weight excluding hydrogens is 444 g/mol. The number of nitrogens with zero attached hydrogens (tertiary/aromatic N) is 1. The van der Waals surface area contributed by atoms with Crippen LogP contribution in [-0.2, 0) is 19.4 Å². The van der Waals surface area contributed by atoms with Crippen molar-refractivity contribution in [3.05, 3.63) is 48.0 Å². The second-order valence-electron chi connectivity index (χ2n) is 8.35. The van der Waals surface area contributed by atoms with Gasteiger partial charge in [-0.15, -0.1) is 0 Å². The van der Waals surface area contributed by atoms with Crippen molar-refractivity contribution in [2.75, 3.05) is 25.7 Å². The maximum Gasteiger partial charge on any atom is 0.240 e. The van der Waals surface area contributed by atoms with E-state index in [1.807, 2.05) is 0 Å². The molecule has 2 aliphatic rings. The summed E-state index contributed by atoms with van der Waals surface area (Å²) in [6.07, 6.45) is 3.70. The predicted octanol–water partition coefficient (Wildman–Crippen LogP) is 3.01. The Morgan fingerprint density at radius 2 is 1.76 bits per heavy atom. The summed E-state index contributed by atoms with van der Waals surface area (Å²) >= 11 is 0. The van der Waals surface area contributed by atoms with Gasteiger partial charge < -0.3 is 19.7 Å². The lowest BCUT2D eigenvalue weighted by Crippen LogP contribution is -2.43. The van der Waals surface area contributed by atoms with Crippen LogP contribution in [0.25, 0.3) is 0 Å². The Labute approximate surface area is 193 Å². The summed E-state index contributed by atoms with van der Waals surface area (Å²) < 4.78 is 38.0. The Hall–Kier alpha value is -3.07. The van der Waals surface area contributed by atoms with Gasteiger partial charge in [0.05, 0.1) is 30.1 Å². The molecular formula is C24H28N2O6S. The summed E-state index contributed by atoms with van der Waals surface area (Å²) in [6, 6.07) is 11.3. The van der Waals surface area contributed by atoms with Gasteiger partial charge in [-0.1, -0.05) is 31.0 Å². The quantitative estimate of drug-likeness (QED) is 0.694. The highest BCUT2D eigenvalue weighted by atomic mass is 32.2. The molecule has 2 aromatic rings. The van der Waals surface area contributed by atoms with Crippen molar-refractivity contribution >= 4 is 27.3 Å². The number of anilines is 1. The van der Waals surface area contributed by atoms with Crippen LogP contribution in [0.15, 0.2) is 47.4 Å².